The molecule has 0 aliphatic heterocycles. The van der Waals surface area contributed by atoms with E-state index < -0.39 is 0 Å². The minimum atomic E-state index is 0.366. The molecule has 0 saturated heterocycles. The van der Waals surface area contributed by atoms with Crippen LogP contribution in [0.2, 0.25) is 0 Å². The van der Waals surface area contributed by atoms with E-state index in [1.807, 2.05) is 0 Å². The number of hydrogen-bond donors (Lipinski definition) is 1. The monoisotopic (exact) mass is 229 g/mol. The summed E-state index contributed by atoms with van der Waals surface area (Å²) in [6.45, 7) is 0.366. The fraction of sp³-hybridized carbons (Fsp3) is 0.467. The normalized spacial score (nSPS) is 25.2. The van der Waals surface area contributed by atoms with Gasteiger partial charge in [0, 0.05) is 24.5 Å². The standard InChI is InChI=1S/C15H19NO/c17-11-12-4-6-13(7-5-12)14-9-15-3-1-2-8-16(15)10-14/h1-3,8-10,12-13,17H,4-7,11H2/t12-,13-. The van der Waals surface area contributed by atoms with Crippen molar-refractivity contribution in [2.45, 2.75) is 31.6 Å². The van der Waals surface area contributed by atoms with Crippen molar-refractivity contribution in [3.8, 4) is 0 Å². The maximum atomic E-state index is 9.16. The Morgan fingerprint density at radius 1 is 1.18 bits per heavy atom. The van der Waals surface area contributed by atoms with Crippen LogP contribution in [0.25, 0.3) is 5.52 Å². The van der Waals surface area contributed by atoms with Crippen molar-refractivity contribution in [1.29, 1.82) is 0 Å². The van der Waals surface area contributed by atoms with Gasteiger partial charge in [0.25, 0.3) is 0 Å². The number of pyridine rings is 1. The second kappa shape index (κ2) is 4.53. The molecule has 0 atom stereocenters. The summed E-state index contributed by atoms with van der Waals surface area (Å²) in [7, 11) is 0. The second-order valence-corrected chi connectivity index (χ2v) is 5.21. The van der Waals surface area contributed by atoms with E-state index in [1.54, 1.807) is 0 Å². The Morgan fingerprint density at radius 2 is 2.00 bits per heavy atom. The summed E-state index contributed by atoms with van der Waals surface area (Å²) < 4.78 is 2.20. The molecule has 1 aliphatic rings. The average Bonchev–Trinajstić information content (AvgIpc) is 2.82. The maximum Gasteiger partial charge on any atom is 0.0459 e. The topological polar surface area (TPSA) is 24.6 Å². The summed E-state index contributed by atoms with van der Waals surface area (Å²) in [6, 6.07) is 8.62. The lowest BCUT2D eigenvalue weighted by Crippen LogP contribution is -2.15. The van der Waals surface area contributed by atoms with Gasteiger partial charge in [0.2, 0.25) is 0 Å². The van der Waals surface area contributed by atoms with Gasteiger partial charge in [0.15, 0.2) is 0 Å². The highest BCUT2D eigenvalue weighted by Crippen LogP contribution is 2.36. The van der Waals surface area contributed by atoms with Crippen LogP contribution >= 0.6 is 0 Å². The summed E-state index contributed by atoms with van der Waals surface area (Å²) in [6.07, 6.45) is 9.17. The average molecular weight is 229 g/mol. The lowest BCUT2D eigenvalue weighted by Gasteiger charge is -2.26. The third kappa shape index (κ3) is 2.09. The summed E-state index contributed by atoms with van der Waals surface area (Å²) in [5.41, 5.74) is 2.75. The van der Waals surface area contributed by atoms with Gasteiger partial charge in [0.05, 0.1) is 0 Å². The van der Waals surface area contributed by atoms with Gasteiger partial charge in [-0.25, -0.2) is 0 Å². The van der Waals surface area contributed by atoms with Crippen LogP contribution in [-0.2, 0) is 0 Å². The predicted octanol–water partition coefficient (Wildman–Crippen LogP) is 3.21. The minimum absolute atomic E-state index is 0.366. The lowest BCUT2D eigenvalue weighted by atomic mass is 9.80. The Kier molecular flexibility index (Phi) is 2.89. The minimum Gasteiger partial charge on any atom is -0.396 e. The molecule has 0 aromatic carbocycles. The molecule has 90 valence electrons. The van der Waals surface area contributed by atoms with E-state index in [1.165, 1.54) is 36.8 Å². The number of hydrogen-bond acceptors (Lipinski definition) is 1. The molecular weight excluding hydrogens is 210 g/mol. The molecule has 0 amide bonds. The van der Waals surface area contributed by atoms with Crippen LogP contribution < -0.4 is 0 Å². The second-order valence-electron chi connectivity index (χ2n) is 5.21. The molecule has 1 fully saturated rings. The number of aliphatic hydroxyl groups is 1. The van der Waals surface area contributed by atoms with E-state index in [2.05, 4.69) is 41.1 Å². The van der Waals surface area contributed by atoms with Crippen LogP contribution in [0.5, 0.6) is 0 Å². The molecule has 2 nitrogen and oxygen atoms in total. The van der Waals surface area contributed by atoms with Crippen molar-refractivity contribution in [2.75, 3.05) is 6.61 Å². The third-order valence-corrected chi connectivity index (χ3v) is 4.10. The molecule has 1 N–H and O–H groups in total. The molecule has 2 heteroatoms. The fourth-order valence-electron chi connectivity index (χ4n) is 2.98. The van der Waals surface area contributed by atoms with Crippen LogP contribution in [0.15, 0.2) is 36.7 Å². The van der Waals surface area contributed by atoms with Gasteiger partial charge in [0.1, 0.15) is 0 Å². The maximum absolute atomic E-state index is 9.16. The first-order valence-electron chi connectivity index (χ1n) is 6.54. The first-order chi connectivity index (χ1) is 8.36. The van der Waals surface area contributed by atoms with Gasteiger partial charge in [-0.05, 0) is 61.3 Å². The van der Waals surface area contributed by atoms with Crippen molar-refractivity contribution >= 4 is 5.52 Å². The van der Waals surface area contributed by atoms with Gasteiger partial charge < -0.3 is 9.51 Å². The van der Waals surface area contributed by atoms with E-state index in [9.17, 15) is 0 Å². The van der Waals surface area contributed by atoms with Crippen molar-refractivity contribution in [1.82, 2.24) is 4.40 Å². The predicted molar refractivity (Wildman–Crippen MR) is 69.2 cm³/mol. The molecule has 0 spiro atoms. The van der Waals surface area contributed by atoms with Crippen LogP contribution in [0, 0.1) is 5.92 Å². The summed E-state index contributed by atoms with van der Waals surface area (Å²) in [4.78, 5) is 0. The van der Waals surface area contributed by atoms with E-state index in [0.717, 1.165) is 0 Å². The number of rotatable bonds is 2. The third-order valence-electron chi connectivity index (χ3n) is 4.10. The molecule has 2 heterocycles. The summed E-state index contributed by atoms with van der Waals surface area (Å²) >= 11 is 0. The molecule has 1 saturated carbocycles. The zero-order valence-corrected chi connectivity index (χ0v) is 10.0. The van der Waals surface area contributed by atoms with Gasteiger partial charge in [-0.2, -0.15) is 0 Å². The first-order valence-corrected chi connectivity index (χ1v) is 6.54. The highest BCUT2D eigenvalue weighted by atomic mass is 16.3. The number of aliphatic hydroxyl groups excluding tert-OH is 1. The Morgan fingerprint density at radius 3 is 2.71 bits per heavy atom. The molecular formula is C15H19NO. The molecule has 2 aromatic heterocycles. The number of nitrogens with zero attached hydrogens (tertiary/aromatic N) is 1. The van der Waals surface area contributed by atoms with E-state index in [-0.39, 0.29) is 0 Å². The van der Waals surface area contributed by atoms with E-state index in [4.69, 9.17) is 5.11 Å². The molecule has 3 rings (SSSR count). The van der Waals surface area contributed by atoms with Gasteiger partial charge in [-0.3, -0.25) is 0 Å². The van der Waals surface area contributed by atoms with Gasteiger partial charge in [-0.1, -0.05) is 6.07 Å². The molecule has 17 heavy (non-hydrogen) atoms. The SMILES string of the molecule is OC[C@H]1CC[C@H](c2cc3ccccn3c2)CC1. The van der Waals surface area contributed by atoms with E-state index >= 15 is 0 Å². The lowest BCUT2D eigenvalue weighted by molar-refractivity contribution is 0.182. The van der Waals surface area contributed by atoms with Crippen molar-refractivity contribution < 1.29 is 5.11 Å². The van der Waals surface area contributed by atoms with Crippen LogP contribution in [-0.4, -0.2) is 16.1 Å². The zero-order valence-electron chi connectivity index (χ0n) is 10.0. The molecule has 2 aromatic rings. The zero-order chi connectivity index (χ0) is 11.7. The Hall–Kier alpha value is -1.28. The van der Waals surface area contributed by atoms with E-state index in [0.29, 0.717) is 18.4 Å². The highest BCUT2D eigenvalue weighted by molar-refractivity contribution is 5.51. The summed E-state index contributed by atoms with van der Waals surface area (Å²) in [5, 5.41) is 9.16. The van der Waals surface area contributed by atoms with Gasteiger partial charge in [-0.15, -0.1) is 0 Å². The number of fused-ring (bicyclic) bond motifs is 1. The van der Waals surface area contributed by atoms with Crippen LogP contribution in [0.4, 0.5) is 0 Å². The van der Waals surface area contributed by atoms with Gasteiger partial charge >= 0.3 is 0 Å². The van der Waals surface area contributed by atoms with Crippen LogP contribution in [0.3, 0.4) is 0 Å². The largest absolute Gasteiger partial charge is 0.396 e. The first kappa shape index (κ1) is 10.8. The molecule has 0 radical (unpaired) electrons. The quantitative estimate of drug-likeness (QED) is 0.840. The van der Waals surface area contributed by atoms with Crippen molar-refractivity contribution in [3.63, 3.8) is 0 Å². The highest BCUT2D eigenvalue weighted by Gasteiger charge is 2.22. The smallest absolute Gasteiger partial charge is 0.0459 e. The Labute approximate surface area is 102 Å². The van der Waals surface area contributed by atoms with Crippen molar-refractivity contribution in [2.24, 2.45) is 5.92 Å². The molecule has 0 bridgehead atoms. The number of aromatic nitrogens is 1. The van der Waals surface area contributed by atoms with Crippen molar-refractivity contribution in [3.05, 3.63) is 42.2 Å². The summed E-state index contributed by atoms with van der Waals surface area (Å²) in [5.74, 6) is 1.24. The van der Waals surface area contributed by atoms with Crippen LogP contribution in [0.1, 0.15) is 37.2 Å². The Balaban J connectivity index is 1.80. The molecule has 0 unspecified atom stereocenters. The molecule has 1 aliphatic carbocycles. The fourth-order valence-corrected chi connectivity index (χ4v) is 2.98. The Bertz CT molecular complexity index is 461.